The number of carbonyl (C=O) groups excluding carboxylic acids is 5. The lowest BCUT2D eigenvalue weighted by molar-refractivity contribution is -0.153. The average molecular weight is 628 g/mol. The Labute approximate surface area is 259 Å². The van der Waals surface area contributed by atoms with Gasteiger partial charge in [0.15, 0.2) is 28.5 Å². The van der Waals surface area contributed by atoms with Crippen LogP contribution in [0.3, 0.4) is 0 Å². The molecule has 1 N–H and O–H groups in total. The zero-order valence-electron chi connectivity index (χ0n) is 25.2. The molecule has 0 spiro atoms. The zero-order chi connectivity index (χ0) is 33.0. The Balaban J connectivity index is 1.44. The summed E-state index contributed by atoms with van der Waals surface area (Å²) in [5.74, 6) is -4.61. The molecule has 0 unspecified atom stereocenters. The molecule has 1 saturated heterocycles. The molecule has 13 heteroatoms. The average Bonchev–Trinajstić information content (AvgIpc) is 3.21. The van der Waals surface area contributed by atoms with Gasteiger partial charge in [-0.05, 0) is 43.0 Å². The van der Waals surface area contributed by atoms with E-state index >= 15 is 0 Å². The first-order chi connectivity index (χ1) is 21.8. The molecule has 0 radical (unpaired) electrons. The summed E-state index contributed by atoms with van der Waals surface area (Å²) in [6.45, 7) is 3.59. The largest absolute Gasteiger partial charge is 0.506 e. The summed E-state index contributed by atoms with van der Waals surface area (Å²) in [6, 6.07) is 7.17. The summed E-state index contributed by atoms with van der Waals surface area (Å²) >= 11 is 0. The normalized spacial score (nSPS) is 21.5. The molecule has 0 saturated carbocycles. The first kappa shape index (κ1) is 29.0. The molecule has 3 aliphatic rings. The van der Waals surface area contributed by atoms with Crippen molar-refractivity contribution >= 4 is 51.2 Å². The minimum Gasteiger partial charge on any atom is -0.506 e. The lowest BCUT2D eigenvalue weighted by atomic mass is 9.80. The number of hydrogen-bond acceptors (Lipinski definition) is 12. The van der Waals surface area contributed by atoms with Crippen LogP contribution in [-0.2, 0) is 25.5 Å². The number of amides is 1. The van der Waals surface area contributed by atoms with Crippen molar-refractivity contribution in [2.24, 2.45) is 0 Å². The van der Waals surface area contributed by atoms with E-state index in [9.17, 15) is 33.9 Å². The van der Waals surface area contributed by atoms with Gasteiger partial charge in [0.2, 0.25) is 17.0 Å². The van der Waals surface area contributed by atoms with Gasteiger partial charge in [0, 0.05) is 35.9 Å². The van der Waals surface area contributed by atoms with E-state index in [4.69, 9.17) is 23.4 Å². The summed E-state index contributed by atoms with van der Waals surface area (Å²) in [7, 11) is 2.76. The van der Waals surface area contributed by atoms with Crippen molar-refractivity contribution in [3.8, 4) is 17.2 Å². The second kappa shape index (κ2) is 9.39. The maximum Gasteiger partial charge on any atom is 0.337 e. The predicted molar refractivity (Wildman–Crippen MR) is 157 cm³/mol. The van der Waals surface area contributed by atoms with Crippen molar-refractivity contribution in [2.45, 2.75) is 38.5 Å². The van der Waals surface area contributed by atoms with Crippen LogP contribution < -0.4 is 14.9 Å². The van der Waals surface area contributed by atoms with Gasteiger partial charge in [-0.25, -0.2) is 4.79 Å². The van der Waals surface area contributed by atoms with E-state index < -0.39 is 69.8 Å². The maximum atomic E-state index is 14.2. The molecular weight excluding hydrogens is 602 g/mol. The summed E-state index contributed by atoms with van der Waals surface area (Å²) in [4.78, 5) is 81.6. The zero-order valence-corrected chi connectivity index (χ0v) is 25.2. The number of phenolic OH excluding ortho intramolecular Hbond substituents is 1. The molecule has 2 atom stereocenters. The van der Waals surface area contributed by atoms with Crippen LogP contribution in [-0.4, -0.2) is 71.5 Å². The van der Waals surface area contributed by atoms with Crippen molar-refractivity contribution in [2.75, 3.05) is 20.8 Å². The monoisotopic (exact) mass is 627 g/mol. The van der Waals surface area contributed by atoms with E-state index in [-0.39, 0.29) is 51.0 Å². The highest BCUT2D eigenvalue weighted by Gasteiger charge is 2.63. The summed E-state index contributed by atoms with van der Waals surface area (Å²) in [5, 5.41) is 11.9. The number of aromatic hydroxyl groups is 1. The second-order valence-corrected chi connectivity index (χ2v) is 11.8. The standard InChI is InChI=1S/C33H25NO12/c1-13(35)44-12-32(2)31(41)46-33(3)11-15-8-14-6-7-16-23(21(14)27(38)22(15)30(40)34(32)33)28(39)24-25(36)17-9-19(42-4)20(43-5)10-18(17)45-29(24)26(16)37/h6-10,38H,11-12H2,1-5H3/t32-,33-/m0/s1. The molecule has 1 aliphatic carbocycles. The lowest BCUT2D eigenvalue weighted by Crippen LogP contribution is -2.61. The summed E-state index contributed by atoms with van der Waals surface area (Å²) < 4.78 is 27.1. The van der Waals surface area contributed by atoms with Gasteiger partial charge in [0.25, 0.3) is 5.91 Å². The number of esters is 2. The number of ether oxygens (including phenoxy) is 4. The SMILES string of the molecule is COc1cc2oc3c(c(=O)c2cc1OC)C(=O)c1c(ccc2cc4c(c(O)c12)C(=O)N1[C@@](C)(COC(C)=O)C(=O)O[C@@]1(C)C4)C3=O. The van der Waals surface area contributed by atoms with Gasteiger partial charge >= 0.3 is 11.9 Å². The molecule has 4 aromatic rings. The number of hydrogen-bond donors (Lipinski definition) is 1. The first-order valence-corrected chi connectivity index (χ1v) is 14.1. The van der Waals surface area contributed by atoms with Gasteiger partial charge in [0.05, 0.1) is 25.2 Å². The van der Waals surface area contributed by atoms with Gasteiger partial charge < -0.3 is 28.5 Å². The molecule has 46 heavy (non-hydrogen) atoms. The fourth-order valence-electron chi connectivity index (χ4n) is 6.82. The minimum absolute atomic E-state index is 0.00321. The molecule has 1 amide bonds. The van der Waals surface area contributed by atoms with E-state index in [1.165, 1.54) is 52.3 Å². The second-order valence-electron chi connectivity index (χ2n) is 11.8. The molecule has 2 aliphatic heterocycles. The Hall–Kier alpha value is -5.72. The number of fused-ring (bicyclic) bond motifs is 7. The van der Waals surface area contributed by atoms with Crippen LogP contribution in [0.15, 0.2) is 39.5 Å². The quantitative estimate of drug-likeness (QED) is 0.289. The topological polar surface area (TPSA) is 176 Å². The Kier molecular flexibility index (Phi) is 5.93. The molecule has 0 bridgehead atoms. The van der Waals surface area contributed by atoms with Gasteiger partial charge in [-0.3, -0.25) is 28.9 Å². The number of carbonyl (C=O) groups is 5. The lowest BCUT2D eigenvalue weighted by Gasteiger charge is -2.42. The number of methoxy groups -OCH3 is 2. The highest BCUT2D eigenvalue weighted by atomic mass is 16.6. The van der Waals surface area contributed by atoms with E-state index in [1.54, 1.807) is 6.07 Å². The molecular formula is C33H25NO12. The fraction of sp³-hybridized carbons (Fsp3) is 0.273. The molecule has 1 fully saturated rings. The Morgan fingerprint density at radius 1 is 0.957 bits per heavy atom. The van der Waals surface area contributed by atoms with Crippen LogP contribution in [0.5, 0.6) is 17.2 Å². The van der Waals surface area contributed by atoms with Gasteiger partial charge in [0.1, 0.15) is 23.5 Å². The molecule has 234 valence electrons. The summed E-state index contributed by atoms with van der Waals surface area (Å²) in [5.41, 5.74) is -4.85. The van der Waals surface area contributed by atoms with Crippen LogP contribution in [0.1, 0.15) is 68.7 Å². The predicted octanol–water partition coefficient (Wildman–Crippen LogP) is 3.04. The third kappa shape index (κ3) is 3.62. The number of phenols is 1. The smallest absolute Gasteiger partial charge is 0.337 e. The Morgan fingerprint density at radius 3 is 2.33 bits per heavy atom. The van der Waals surface area contributed by atoms with E-state index in [0.29, 0.717) is 10.9 Å². The first-order valence-electron chi connectivity index (χ1n) is 14.1. The van der Waals surface area contributed by atoms with Crippen LogP contribution >= 0.6 is 0 Å². The van der Waals surface area contributed by atoms with Crippen molar-refractivity contribution in [1.29, 1.82) is 0 Å². The minimum atomic E-state index is -1.72. The van der Waals surface area contributed by atoms with Crippen molar-refractivity contribution < 1.29 is 52.4 Å². The van der Waals surface area contributed by atoms with Crippen LogP contribution in [0.4, 0.5) is 0 Å². The van der Waals surface area contributed by atoms with E-state index in [2.05, 4.69) is 0 Å². The van der Waals surface area contributed by atoms with E-state index in [0.717, 1.165) is 11.8 Å². The van der Waals surface area contributed by atoms with Crippen molar-refractivity contribution in [1.82, 2.24) is 4.90 Å². The van der Waals surface area contributed by atoms with E-state index in [1.807, 2.05) is 0 Å². The van der Waals surface area contributed by atoms with Crippen LogP contribution in [0.25, 0.3) is 21.7 Å². The highest BCUT2D eigenvalue weighted by molar-refractivity contribution is 6.32. The fourth-order valence-corrected chi connectivity index (χ4v) is 6.82. The third-order valence-electron chi connectivity index (χ3n) is 8.87. The molecule has 13 nitrogen and oxygen atoms in total. The van der Waals surface area contributed by atoms with Crippen LogP contribution in [0.2, 0.25) is 0 Å². The van der Waals surface area contributed by atoms with Crippen molar-refractivity contribution in [3.05, 3.63) is 74.1 Å². The molecule has 1 aromatic heterocycles. The Bertz CT molecular complexity index is 2210. The molecule has 3 heterocycles. The Morgan fingerprint density at radius 2 is 1.65 bits per heavy atom. The number of nitrogens with zero attached hydrogens (tertiary/aromatic N) is 1. The number of rotatable bonds is 4. The number of ketones is 2. The van der Waals surface area contributed by atoms with Gasteiger partial charge in [-0.2, -0.15) is 0 Å². The molecule has 3 aromatic carbocycles. The number of benzene rings is 3. The third-order valence-corrected chi connectivity index (χ3v) is 8.87. The summed E-state index contributed by atoms with van der Waals surface area (Å²) in [6.07, 6.45) is -0.0351. The highest BCUT2D eigenvalue weighted by Crippen LogP contribution is 2.48. The molecule has 7 rings (SSSR count). The van der Waals surface area contributed by atoms with Crippen molar-refractivity contribution in [3.63, 3.8) is 0 Å². The van der Waals surface area contributed by atoms with Gasteiger partial charge in [-0.1, -0.05) is 6.07 Å². The maximum absolute atomic E-state index is 14.2. The van der Waals surface area contributed by atoms with Gasteiger partial charge in [-0.15, -0.1) is 0 Å². The van der Waals surface area contributed by atoms with Crippen LogP contribution in [0, 0.1) is 0 Å².